The van der Waals surface area contributed by atoms with Crippen molar-refractivity contribution in [3.63, 3.8) is 0 Å². The molecule has 37 heavy (non-hydrogen) atoms. The molecule has 5 aromatic carbocycles. The maximum absolute atomic E-state index is 4.67. The molecule has 2 heterocycles. The van der Waals surface area contributed by atoms with Crippen LogP contribution in [0.1, 0.15) is 0 Å². The van der Waals surface area contributed by atoms with Crippen molar-refractivity contribution < 1.29 is 0 Å². The smallest absolute Gasteiger partial charge is 0.180 e. The molecule has 0 amide bonds. The molecule has 2 heteroatoms. The lowest BCUT2D eigenvalue weighted by atomic mass is 10.1. The third-order valence-electron chi connectivity index (χ3n) is 7.61. The quantitative estimate of drug-likeness (QED) is 0.287. The summed E-state index contributed by atoms with van der Waals surface area (Å²) in [6.07, 6.45) is 1.87. The SMILES string of the molecule is c1ccc(-c2cccc([Si]3(c4cccc(-c5ccccn5)c4)c4ccccc4-c4ccccc43)c2)cc1. The molecule has 0 fully saturated rings. The normalized spacial score (nSPS) is 13.1. The minimum Gasteiger partial charge on any atom is -0.256 e. The topological polar surface area (TPSA) is 12.9 Å². The number of pyridine rings is 1. The molecular weight excluding hydrogens is 462 g/mol. The maximum atomic E-state index is 4.67. The fraction of sp³-hybridized carbons (Fsp3) is 0. The van der Waals surface area contributed by atoms with E-state index in [0.717, 1.165) is 11.3 Å². The third kappa shape index (κ3) is 3.41. The molecule has 0 bridgehead atoms. The minimum absolute atomic E-state index is 1.01. The van der Waals surface area contributed by atoms with Gasteiger partial charge < -0.3 is 0 Å². The van der Waals surface area contributed by atoms with Crippen LogP contribution in [0.5, 0.6) is 0 Å². The fourth-order valence-electron chi connectivity index (χ4n) is 6.03. The van der Waals surface area contributed by atoms with Gasteiger partial charge in [0.05, 0.1) is 5.69 Å². The minimum atomic E-state index is -2.58. The lowest BCUT2D eigenvalue weighted by Gasteiger charge is -2.32. The van der Waals surface area contributed by atoms with Crippen LogP contribution >= 0.6 is 0 Å². The Morgan fingerprint density at radius 1 is 0.405 bits per heavy atom. The number of fused-ring (bicyclic) bond motifs is 3. The van der Waals surface area contributed by atoms with Gasteiger partial charge in [0.1, 0.15) is 0 Å². The molecule has 0 saturated heterocycles. The maximum Gasteiger partial charge on any atom is 0.180 e. The van der Waals surface area contributed by atoms with Gasteiger partial charge in [-0.15, -0.1) is 0 Å². The molecule has 7 rings (SSSR count). The molecule has 1 aliphatic rings. The highest BCUT2D eigenvalue weighted by Crippen LogP contribution is 2.30. The van der Waals surface area contributed by atoms with Gasteiger partial charge in [-0.05, 0) is 55.1 Å². The highest BCUT2D eigenvalue weighted by Gasteiger charge is 2.48. The Morgan fingerprint density at radius 3 is 1.59 bits per heavy atom. The molecule has 0 aliphatic carbocycles. The van der Waals surface area contributed by atoms with Gasteiger partial charge in [-0.25, -0.2) is 0 Å². The summed E-state index contributed by atoms with van der Waals surface area (Å²) in [6.45, 7) is 0. The molecule has 1 aromatic heterocycles. The number of benzene rings is 5. The van der Waals surface area contributed by atoms with Crippen LogP contribution in [0.3, 0.4) is 0 Å². The summed E-state index contributed by atoms with van der Waals surface area (Å²) < 4.78 is 0. The second-order valence-corrected chi connectivity index (χ2v) is 13.3. The van der Waals surface area contributed by atoms with Gasteiger partial charge in [0.25, 0.3) is 0 Å². The molecule has 0 N–H and O–H groups in total. The summed E-state index contributed by atoms with van der Waals surface area (Å²) in [5.74, 6) is 0. The summed E-state index contributed by atoms with van der Waals surface area (Å²) in [4.78, 5) is 4.67. The van der Waals surface area contributed by atoms with Crippen molar-refractivity contribution in [2.75, 3.05) is 0 Å². The van der Waals surface area contributed by atoms with E-state index in [9.17, 15) is 0 Å². The first kappa shape index (κ1) is 21.7. The fourth-order valence-corrected chi connectivity index (χ4v) is 11.3. The van der Waals surface area contributed by atoms with Crippen molar-refractivity contribution in [1.82, 2.24) is 4.98 Å². The predicted octanol–water partition coefficient (Wildman–Crippen LogP) is 5.77. The molecule has 1 aliphatic heterocycles. The standard InChI is InChI=1S/C35H25NSi/c1-2-12-26(13-3-1)27-14-10-16-29(24-27)37(30-17-11-15-28(25-30)33-20-8-9-23-36-33)34-21-6-4-18-31(34)32-19-5-7-22-35(32)37/h1-25H. The number of hydrogen-bond donors (Lipinski definition) is 0. The van der Waals surface area contributed by atoms with E-state index in [-0.39, 0.29) is 0 Å². The predicted molar refractivity (Wildman–Crippen MR) is 158 cm³/mol. The zero-order valence-electron chi connectivity index (χ0n) is 20.4. The Balaban J connectivity index is 1.56. The Morgan fingerprint density at radius 2 is 0.946 bits per heavy atom. The molecular formula is C35H25NSi. The molecule has 0 atom stereocenters. The number of rotatable bonds is 4. The summed E-state index contributed by atoms with van der Waals surface area (Å²) in [5.41, 5.74) is 7.39. The van der Waals surface area contributed by atoms with Crippen molar-refractivity contribution in [1.29, 1.82) is 0 Å². The molecule has 0 radical (unpaired) electrons. The largest absolute Gasteiger partial charge is 0.256 e. The number of hydrogen-bond acceptors (Lipinski definition) is 1. The van der Waals surface area contributed by atoms with Crippen LogP contribution in [0.25, 0.3) is 33.5 Å². The Kier molecular flexibility index (Phi) is 5.19. The summed E-state index contributed by atoms with van der Waals surface area (Å²) in [5, 5.41) is 5.71. The molecule has 0 spiro atoms. The average molecular weight is 488 g/mol. The van der Waals surface area contributed by atoms with E-state index in [0.29, 0.717) is 0 Å². The van der Waals surface area contributed by atoms with Crippen LogP contribution in [-0.4, -0.2) is 13.1 Å². The Labute approximate surface area is 218 Å². The summed E-state index contributed by atoms with van der Waals surface area (Å²) in [6, 6.07) is 53.3. The first-order chi connectivity index (χ1) is 18.4. The third-order valence-corrected chi connectivity index (χ3v) is 12.5. The van der Waals surface area contributed by atoms with E-state index < -0.39 is 8.07 Å². The van der Waals surface area contributed by atoms with Crippen LogP contribution in [0.15, 0.2) is 152 Å². The van der Waals surface area contributed by atoms with Gasteiger partial charge in [-0.1, -0.05) is 133 Å². The van der Waals surface area contributed by atoms with Gasteiger partial charge >= 0.3 is 0 Å². The summed E-state index contributed by atoms with van der Waals surface area (Å²) in [7, 11) is -2.58. The van der Waals surface area contributed by atoms with Gasteiger partial charge in [0.15, 0.2) is 8.07 Å². The van der Waals surface area contributed by atoms with E-state index >= 15 is 0 Å². The van der Waals surface area contributed by atoms with E-state index in [1.165, 1.54) is 43.0 Å². The van der Waals surface area contributed by atoms with Crippen molar-refractivity contribution in [3.8, 4) is 33.5 Å². The van der Waals surface area contributed by atoms with Crippen LogP contribution in [0.4, 0.5) is 0 Å². The average Bonchev–Trinajstić information content (AvgIpc) is 3.30. The van der Waals surface area contributed by atoms with Crippen molar-refractivity contribution in [2.24, 2.45) is 0 Å². The lowest BCUT2D eigenvalue weighted by molar-refractivity contribution is 1.33. The van der Waals surface area contributed by atoms with E-state index in [4.69, 9.17) is 0 Å². The molecule has 174 valence electrons. The van der Waals surface area contributed by atoms with Crippen LogP contribution in [0, 0.1) is 0 Å². The van der Waals surface area contributed by atoms with Crippen LogP contribution in [0.2, 0.25) is 0 Å². The van der Waals surface area contributed by atoms with Gasteiger partial charge in [-0.3, -0.25) is 4.98 Å². The Hall–Kier alpha value is -4.53. The van der Waals surface area contributed by atoms with Crippen LogP contribution < -0.4 is 20.7 Å². The zero-order valence-corrected chi connectivity index (χ0v) is 21.4. The summed E-state index contributed by atoms with van der Waals surface area (Å²) >= 11 is 0. The molecule has 0 saturated carbocycles. The van der Waals surface area contributed by atoms with Crippen molar-refractivity contribution >= 4 is 28.8 Å². The number of aromatic nitrogens is 1. The number of nitrogens with zero attached hydrogens (tertiary/aromatic N) is 1. The van der Waals surface area contributed by atoms with Gasteiger partial charge in [-0.2, -0.15) is 0 Å². The monoisotopic (exact) mass is 487 g/mol. The Bertz CT molecular complexity index is 1590. The second-order valence-electron chi connectivity index (χ2n) is 9.58. The highest BCUT2D eigenvalue weighted by atomic mass is 28.3. The molecule has 6 aromatic rings. The van der Waals surface area contributed by atoms with E-state index in [1.54, 1.807) is 0 Å². The van der Waals surface area contributed by atoms with Crippen molar-refractivity contribution in [3.05, 3.63) is 152 Å². The van der Waals surface area contributed by atoms with Crippen LogP contribution in [-0.2, 0) is 0 Å². The lowest BCUT2D eigenvalue weighted by Crippen LogP contribution is -2.72. The van der Waals surface area contributed by atoms with E-state index in [1.807, 2.05) is 12.3 Å². The van der Waals surface area contributed by atoms with E-state index in [2.05, 4.69) is 145 Å². The second kappa shape index (κ2) is 8.84. The first-order valence-corrected chi connectivity index (χ1v) is 14.7. The molecule has 0 unspecified atom stereocenters. The van der Waals surface area contributed by atoms with Crippen molar-refractivity contribution in [2.45, 2.75) is 0 Å². The first-order valence-electron chi connectivity index (χ1n) is 12.7. The van der Waals surface area contributed by atoms with Gasteiger partial charge in [0, 0.05) is 11.8 Å². The molecule has 1 nitrogen and oxygen atoms in total. The zero-order chi connectivity index (χ0) is 24.7. The van der Waals surface area contributed by atoms with Gasteiger partial charge in [0.2, 0.25) is 0 Å². The highest BCUT2D eigenvalue weighted by molar-refractivity contribution is 7.22.